The molecule has 0 unspecified atom stereocenters. The number of unbranched alkanes of at least 4 members (excludes halogenated alkanes) is 11. The molecule has 0 atom stereocenters. The van der Waals surface area contributed by atoms with Crippen molar-refractivity contribution in [3.05, 3.63) is 72.3 Å². The molecule has 0 aliphatic heterocycles. The Balaban J connectivity index is 1.03. The fourth-order valence-electron chi connectivity index (χ4n) is 7.69. The van der Waals surface area contributed by atoms with Gasteiger partial charge in [-0.15, -0.1) is 0 Å². The van der Waals surface area contributed by atoms with Gasteiger partial charge in [0.2, 0.25) is 0 Å². The van der Waals surface area contributed by atoms with Crippen LogP contribution in [-0.4, -0.2) is 37.2 Å². The fraction of sp³-hybridized carbons (Fsp3) is 0.604. The van der Waals surface area contributed by atoms with E-state index in [2.05, 4.69) is 25.3 Å². The molecule has 55 heavy (non-hydrogen) atoms. The van der Waals surface area contributed by atoms with E-state index in [0.29, 0.717) is 18.1 Å². The van der Waals surface area contributed by atoms with Crippen LogP contribution in [0.15, 0.2) is 61.2 Å². The minimum atomic E-state index is -0.337. The number of carbonyl (C=O) groups is 3. The molecule has 0 heterocycles. The van der Waals surface area contributed by atoms with Gasteiger partial charge in [-0.1, -0.05) is 102 Å². The van der Waals surface area contributed by atoms with Crippen molar-refractivity contribution in [2.75, 3.05) is 13.2 Å². The lowest BCUT2D eigenvalue weighted by Crippen LogP contribution is -2.29. The van der Waals surface area contributed by atoms with Crippen molar-refractivity contribution in [2.24, 2.45) is 17.8 Å². The third-order valence-corrected chi connectivity index (χ3v) is 11.2. The summed E-state index contributed by atoms with van der Waals surface area (Å²) < 4.78 is 22.6. The highest BCUT2D eigenvalue weighted by molar-refractivity contribution is 5.81. The number of hydrogen-bond acceptors (Lipinski definition) is 7. The summed E-state index contributed by atoms with van der Waals surface area (Å²) in [5, 5.41) is 0. The molecule has 0 amide bonds. The van der Waals surface area contributed by atoms with E-state index in [1.54, 1.807) is 12.1 Å². The predicted molar refractivity (Wildman–Crippen MR) is 219 cm³/mol. The second kappa shape index (κ2) is 26.1. The van der Waals surface area contributed by atoms with E-state index in [0.717, 1.165) is 94.3 Å². The minimum Gasteiger partial charge on any atom is -0.463 e. The van der Waals surface area contributed by atoms with E-state index >= 15 is 0 Å². The predicted octanol–water partition coefficient (Wildman–Crippen LogP) is 11.5. The molecule has 2 aliphatic carbocycles. The Hall–Kier alpha value is -3.89. The molecule has 2 aliphatic rings. The molecule has 2 saturated carbocycles. The van der Waals surface area contributed by atoms with Gasteiger partial charge in [0.15, 0.2) is 0 Å². The summed E-state index contributed by atoms with van der Waals surface area (Å²) in [4.78, 5) is 36.7. The largest absolute Gasteiger partial charge is 0.463 e. The van der Waals surface area contributed by atoms with Crippen molar-refractivity contribution in [3.63, 3.8) is 0 Å². The van der Waals surface area contributed by atoms with Crippen LogP contribution in [0.5, 0.6) is 11.5 Å². The molecule has 0 bridgehead atoms. The summed E-state index contributed by atoms with van der Waals surface area (Å²) >= 11 is 0. The van der Waals surface area contributed by atoms with Crippen LogP contribution >= 0.6 is 0 Å². The van der Waals surface area contributed by atoms with Crippen LogP contribution in [-0.2, 0) is 23.9 Å². The zero-order chi connectivity index (χ0) is 38.9. The lowest BCUT2D eigenvalue weighted by atomic mass is 9.80. The molecular formula is C48H66O7. The molecule has 0 radical (unpaired) electrons. The van der Waals surface area contributed by atoms with E-state index < -0.39 is 0 Å². The summed E-state index contributed by atoms with van der Waals surface area (Å²) in [5.74, 6) is 7.50. The number of hydrogen-bond donors (Lipinski definition) is 0. The van der Waals surface area contributed by atoms with Crippen LogP contribution < -0.4 is 9.47 Å². The van der Waals surface area contributed by atoms with Crippen molar-refractivity contribution in [3.8, 4) is 23.3 Å². The molecule has 2 fully saturated rings. The summed E-state index contributed by atoms with van der Waals surface area (Å²) in [7, 11) is 0. The van der Waals surface area contributed by atoms with Gasteiger partial charge >= 0.3 is 17.9 Å². The van der Waals surface area contributed by atoms with Crippen LogP contribution in [0.3, 0.4) is 0 Å². The lowest BCUT2D eigenvalue weighted by molar-refractivity contribution is -0.141. The van der Waals surface area contributed by atoms with Gasteiger partial charge < -0.3 is 18.9 Å². The van der Waals surface area contributed by atoms with Crippen LogP contribution in [0.25, 0.3) is 0 Å². The molecule has 7 heteroatoms. The third kappa shape index (κ3) is 17.6. The molecule has 0 spiro atoms. The van der Waals surface area contributed by atoms with E-state index in [-0.39, 0.29) is 35.8 Å². The van der Waals surface area contributed by atoms with Crippen molar-refractivity contribution < 1.29 is 33.3 Å². The second-order valence-electron chi connectivity index (χ2n) is 15.6. The Morgan fingerprint density at radius 3 is 1.55 bits per heavy atom. The van der Waals surface area contributed by atoms with Gasteiger partial charge in [-0.3, -0.25) is 9.59 Å². The summed E-state index contributed by atoms with van der Waals surface area (Å²) in [6.07, 6.45) is 25.9. The molecule has 300 valence electrons. The Morgan fingerprint density at radius 2 is 1.05 bits per heavy atom. The normalized spacial score (nSPS) is 19.4. The highest BCUT2D eigenvalue weighted by atomic mass is 16.5. The van der Waals surface area contributed by atoms with Gasteiger partial charge in [0.1, 0.15) is 11.5 Å². The maximum absolute atomic E-state index is 12.9. The molecule has 7 nitrogen and oxygen atoms in total. The molecule has 2 aromatic carbocycles. The zero-order valence-corrected chi connectivity index (χ0v) is 33.5. The summed E-state index contributed by atoms with van der Waals surface area (Å²) in [5.41, 5.74) is 1.66. The Labute approximate surface area is 331 Å². The van der Waals surface area contributed by atoms with Crippen molar-refractivity contribution in [2.45, 2.75) is 154 Å². The molecule has 0 N–H and O–H groups in total. The van der Waals surface area contributed by atoms with E-state index in [1.165, 1.54) is 76.7 Å². The lowest BCUT2D eigenvalue weighted by Gasteiger charge is -2.27. The Bertz CT molecular complexity index is 1470. The quantitative estimate of drug-likeness (QED) is 0.0367. The van der Waals surface area contributed by atoms with E-state index in [1.807, 2.05) is 36.4 Å². The van der Waals surface area contributed by atoms with Crippen LogP contribution in [0, 0.1) is 29.6 Å². The second-order valence-corrected chi connectivity index (χ2v) is 15.6. The Morgan fingerprint density at radius 1 is 0.600 bits per heavy atom. The maximum Gasteiger partial charge on any atom is 0.330 e. The van der Waals surface area contributed by atoms with Gasteiger partial charge in [0, 0.05) is 23.8 Å². The van der Waals surface area contributed by atoms with E-state index in [9.17, 15) is 14.4 Å². The number of rotatable bonds is 23. The van der Waals surface area contributed by atoms with Crippen molar-refractivity contribution >= 4 is 17.9 Å². The van der Waals surface area contributed by atoms with Crippen LogP contribution in [0.2, 0.25) is 0 Å². The highest BCUT2D eigenvalue weighted by Crippen LogP contribution is 2.33. The standard InChI is InChI=1S/C48H66O7/c1-3-5-6-14-17-38-20-26-41(27-21-38)47(50)54-44-30-22-39(23-31-44)18-19-40-24-32-45(33-25-40)55-48(51)42-28-34-43(35-29-42)52-36-15-12-10-8-7-9-11-13-16-37-53-46(49)4-2/h4,22-25,30-33,38,41-43H,2-3,5-17,20-21,26-29,34-37H2,1H3. The number of carbonyl (C=O) groups excluding carboxylic acids is 3. The van der Waals surface area contributed by atoms with Crippen LogP contribution in [0.1, 0.15) is 159 Å². The van der Waals surface area contributed by atoms with Gasteiger partial charge in [-0.05, 0) is 119 Å². The van der Waals surface area contributed by atoms with Gasteiger partial charge in [0.25, 0.3) is 0 Å². The molecule has 2 aromatic rings. The third-order valence-electron chi connectivity index (χ3n) is 11.2. The number of ether oxygens (including phenoxy) is 4. The first-order valence-corrected chi connectivity index (χ1v) is 21.5. The molecule has 4 rings (SSSR count). The molecular weight excluding hydrogens is 689 g/mol. The smallest absolute Gasteiger partial charge is 0.330 e. The SMILES string of the molecule is C=CC(=O)OCCCCCCCCCCCOC1CCC(C(=O)Oc2ccc(C#Cc3ccc(OC(=O)C4CCC(CCCCCC)CC4)cc3)cc2)CC1. The molecule has 0 saturated heterocycles. The molecule has 0 aromatic heterocycles. The van der Waals surface area contributed by atoms with Crippen molar-refractivity contribution in [1.29, 1.82) is 0 Å². The van der Waals surface area contributed by atoms with Gasteiger partial charge in [0.05, 0.1) is 24.5 Å². The average molecular weight is 755 g/mol. The number of esters is 3. The highest BCUT2D eigenvalue weighted by Gasteiger charge is 2.29. The fourth-order valence-corrected chi connectivity index (χ4v) is 7.69. The summed E-state index contributed by atoms with van der Waals surface area (Å²) in [6.45, 7) is 6.93. The average Bonchev–Trinajstić information content (AvgIpc) is 3.21. The first kappa shape index (κ1) is 43.8. The Kier molecular flexibility index (Phi) is 20.8. The number of benzene rings is 2. The minimum absolute atomic E-state index is 0.00264. The van der Waals surface area contributed by atoms with Crippen molar-refractivity contribution in [1.82, 2.24) is 0 Å². The van der Waals surface area contributed by atoms with Gasteiger partial charge in [-0.25, -0.2) is 4.79 Å². The zero-order valence-electron chi connectivity index (χ0n) is 33.5. The van der Waals surface area contributed by atoms with Crippen LogP contribution in [0.4, 0.5) is 0 Å². The maximum atomic E-state index is 12.9. The monoisotopic (exact) mass is 754 g/mol. The van der Waals surface area contributed by atoms with E-state index in [4.69, 9.17) is 18.9 Å². The first-order valence-electron chi connectivity index (χ1n) is 21.5. The van der Waals surface area contributed by atoms with Gasteiger partial charge in [-0.2, -0.15) is 0 Å². The first-order chi connectivity index (χ1) is 26.9. The topological polar surface area (TPSA) is 88.1 Å². The summed E-state index contributed by atoms with van der Waals surface area (Å²) in [6, 6.07) is 14.7.